The third kappa shape index (κ3) is 1.92. The summed E-state index contributed by atoms with van der Waals surface area (Å²) in [5, 5.41) is 10.2. The zero-order chi connectivity index (χ0) is 10.8. The van der Waals surface area contributed by atoms with Gasteiger partial charge in [0.25, 0.3) is 0 Å². The van der Waals surface area contributed by atoms with E-state index in [-0.39, 0.29) is 5.75 Å². The summed E-state index contributed by atoms with van der Waals surface area (Å²) in [7, 11) is 0. The van der Waals surface area contributed by atoms with Crippen molar-refractivity contribution in [3.8, 4) is 5.75 Å². The van der Waals surface area contributed by atoms with E-state index in [1.165, 1.54) is 0 Å². The molecule has 1 aromatic carbocycles. The fourth-order valence-corrected chi connectivity index (χ4v) is 1.86. The highest BCUT2D eigenvalue weighted by Gasteiger charge is 2.15. The number of hydrogen-bond acceptors (Lipinski definition) is 3. The molecule has 0 unspecified atom stereocenters. The molecule has 2 rings (SSSR count). The highest BCUT2D eigenvalue weighted by molar-refractivity contribution is 6.32. The van der Waals surface area contributed by atoms with Crippen LogP contribution in [0.4, 0.5) is 5.69 Å². The zero-order valence-corrected chi connectivity index (χ0v) is 9.33. The molecule has 0 bridgehead atoms. The van der Waals surface area contributed by atoms with Crippen molar-refractivity contribution >= 4 is 23.6 Å². The average Bonchev–Trinajstić information content (AvgIpc) is 2.75. The number of phenols is 1. The minimum atomic E-state index is 0.141. The summed E-state index contributed by atoms with van der Waals surface area (Å²) in [5.41, 5.74) is 1.87. The lowest BCUT2D eigenvalue weighted by molar-refractivity contribution is 0.476. The molecule has 0 aliphatic carbocycles. The molecule has 0 radical (unpaired) electrons. The van der Waals surface area contributed by atoms with Gasteiger partial charge in [-0.15, -0.1) is 0 Å². The van der Waals surface area contributed by atoms with Crippen molar-refractivity contribution in [3.05, 3.63) is 22.7 Å². The second-order valence-electron chi connectivity index (χ2n) is 3.51. The molecule has 15 heavy (non-hydrogen) atoms. The number of aromatic hydroxyl groups is 1. The Hall–Kier alpha value is -1.22. The van der Waals surface area contributed by atoms with Crippen LogP contribution in [0.1, 0.15) is 12.5 Å². The summed E-state index contributed by atoms with van der Waals surface area (Å²) in [6, 6.07) is 3.76. The molecule has 0 fully saturated rings. The fraction of sp³-hybridized carbons (Fsp3) is 0.364. The van der Waals surface area contributed by atoms with Crippen LogP contribution < -0.4 is 4.90 Å². The first-order chi connectivity index (χ1) is 7.22. The molecular formula is C11H13ClN2O. The standard InChI is InChI=1S/C11H13ClN2O/c1-2-8-5-9(12)11(15)10(6-8)14-4-3-13-7-14/h5-7,15H,2-4H2,1H3. The maximum absolute atomic E-state index is 9.84. The Kier molecular flexibility index (Phi) is 2.82. The van der Waals surface area contributed by atoms with E-state index in [1.54, 1.807) is 12.4 Å². The zero-order valence-electron chi connectivity index (χ0n) is 8.57. The summed E-state index contributed by atoms with van der Waals surface area (Å²) >= 11 is 5.96. The first kappa shape index (κ1) is 10.3. The predicted molar refractivity (Wildman–Crippen MR) is 63.2 cm³/mol. The Morgan fingerprint density at radius 1 is 1.53 bits per heavy atom. The van der Waals surface area contributed by atoms with Gasteiger partial charge in [0.2, 0.25) is 0 Å². The van der Waals surface area contributed by atoms with Crippen LogP contribution in [0.5, 0.6) is 5.75 Å². The summed E-state index contributed by atoms with van der Waals surface area (Å²) in [6.07, 6.45) is 2.64. The molecule has 3 nitrogen and oxygen atoms in total. The van der Waals surface area contributed by atoms with E-state index in [1.807, 2.05) is 11.0 Å². The summed E-state index contributed by atoms with van der Waals surface area (Å²) < 4.78 is 0. The van der Waals surface area contributed by atoms with Gasteiger partial charge < -0.3 is 10.0 Å². The molecule has 0 atom stereocenters. The SMILES string of the molecule is CCc1cc(Cl)c(O)c(N2C=NCC2)c1. The van der Waals surface area contributed by atoms with Crippen LogP contribution in [0.25, 0.3) is 0 Å². The molecule has 0 aromatic heterocycles. The van der Waals surface area contributed by atoms with Crippen LogP contribution in [-0.2, 0) is 6.42 Å². The van der Waals surface area contributed by atoms with Crippen molar-refractivity contribution in [2.45, 2.75) is 13.3 Å². The first-order valence-electron chi connectivity index (χ1n) is 5.00. The number of aliphatic imine (C=N–C) groups is 1. The number of benzene rings is 1. The van der Waals surface area contributed by atoms with E-state index in [2.05, 4.69) is 11.9 Å². The smallest absolute Gasteiger partial charge is 0.157 e. The lowest BCUT2D eigenvalue weighted by Gasteiger charge is -2.17. The Balaban J connectivity index is 2.44. The minimum absolute atomic E-state index is 0.141. The number of rotatable bonds is 2. The molecule has 4 heteroatoms. The number of phenolic OH excluding ortho intramolecular Hbond substituents is 1. The maximum Gasteiger partial charge on any atom is 0.157 e. The van der Waals surface area contributed by atoms with Gasteiger partial charge in [-0.1, -0.05) is 18.5 Å². The minimum Gasteiger partial charge on any atom is -0.504 e. The van der Waals surface area contributed by atoms with Gasteiger partial charge in [0.1, 0.15) is 0 Å². The molecule has 0 saturated carbocycles. The fourth-order valence-electron chi connectivity index (χ4n) is 1.62. The topological polar surface area (TPSA) is 35.8 Å². The molecule has 0 amide bonds. The van der Waals surface area contributed by atoms with Crippen molar-refractivity contribution in [1.29, 1.82) is 0 Å². The van der Waals surface area contributed by atoms with E-state index < -0.39 is 0 Å². The van der Waals surface area contributed by atoms with Gasteiger partial charge in [-0.05, 0) is 24.1 Å². The molecule has 1 aromatic rings. The highest BCUT2D eigenvalue weighted by atomic mass is 35.5. The molecule has 0 spiro atoms. The van der Waals surface area contributed by atoms with E-state index >= 15 is 0 Å². The van der Waals surface area contributed by atoms with Gasteiger partial charge in [-0.25, -0.2) is 0 Å². The highest BCUT2D eigenvalue weighted by Crippen LogP contribution is 2.36. The molecule has 1 aliphatic heterocycles. The number of anilines is 1. The Morgan fingerprint density at radius 2 is 2.33 bits per heavy atom. The van der Waals surface area contributed by atoms with E-state index in [0.29, 0.717) is 5.02 Å². The number of hydrogen-bond donors (Lipinski definition) is 1. The van der Waals surface area contributed by atoms with Crippen LogP contribution in [0, 0.1) is 0 Å². The van der Waals surface area contributed by atoms with Crippen molar-refractivity contribution in [1.82, 2.24) is 0 Å². The van der Waals surface area contributed by atoms with Gasteiger partial charge in [-0.3, -0.25) is 4.99 Å². The average molecular weight is 225 g/mol. The van der Waals surface area contributed by atoms with Crippen LogP contribution in [0.2, 0.25) is 5.02 Å². The second kappa shape index (κ2) is 4.11. The van der Waals surface area contributed by atoms with Crippen molar-refractivity contribution in [2.75, 3.05) is 18.0 Å². The lowest BCUT2D eigenvalue weighted by Crippen LogP contribution is -2.18. The van der Waals surface area contributed by atoms with Crippen LogP contribution in [-0.4, -0.2) is 24.5 Å². The third-order valence-corrected chi connectivity index (χ3v) is 2.80. The van der Waals surface area contributed by atoms with Crippen LogP contribution >= 0.6 is 11.6 Å². The molecule has 1 N–H and O–H groups in total. The largest absolute Gasteiger partial charge is 0.504 e. The van der Waals surface area contributed by atoms with Gasteiger partial charge in [0.05, 0.1) is 23.6 Å². The maximum atomic E-state index is 9.84. The predicted octanol–water partition coefficient (Wildman–Crippen LogP) is 2.46. The molecule has 1 heterocycles. The van der Waals surface area contributed by atoms with Gasteiger partial charge in [0, 0.05) is 6.54 Å². The van der Waals surface area contributed by atoms with Crippen LogP contribution in [0.15, 0.2) is 17.1 Å². The Morgan fingerprint density at radius 3 is 2.93 bits per heavy atom. The number of aryl methyl sites for hydroxylation is 1. The Labute approximate surface area is 94.0 Å². The van der Waals surface area contributed by atoms with E-state index in [0.717, 1.165) is 30.8 Å². The van der Waals surface area contributed by atoms with Gasteiger partial charge in [-0.2, -0.15) is 0 Å². The van der Waals surface area contributed by atoms with Crippen LogP contribution in [0.3, 0.4) is 0 Å². The third-order valence-electron chi connectivity index (χ3n) is 2.51. The van der Waals surface area contributed by atoms with Gasteiger partial charge >= 0.3 is 0 Å². The quantitative estimate of drug-likeness (QED) is 0.838. The van der Waals surface area contributed by atoms with E-state index in [4.69, 9.17) is 11.6 Å². The summed E-state index contributed by atoms with van der Waals surface area (Å²) in [4.78, 5) is 6.03. The molecule has 80 valence electrons. The molecular weight excluding hydrogens is 212 g/mol. The first-order valence-corrected chi connectivity index (χ1v) is 5.38. The van der Waals surface area contributed by atoms with Crippen molar-refractivity contribution < 1.29 is 5.11 Å². The molecule has 0 saturated heterocycles. The Bertz CT molecular complexity index is 404. The van der Waals surface area contributed by atoms with Gasteiger partial charge in [0.15, 0.2) is 5.75 Å². The number of halogens is 1. The number of nitrogens with zero attached hydrogens (tertiary/aromatic N) is 2. The van der Waals surface area contributed by atoms with Crippen molar-refractivity contribution in [2.24, 2.45) is 4.99 Å². The summed E-state index contributed by atoms with van der Waals surface area (Å²) in [6.45, 7) is 3.63. The summed E-state index contributed by atoms with van der Waals surface area (Å²) in [5.74, 6) is 0.141. The molecule has 1 aliphatic rings. The normalized spacial score (nSPS) is 14.9. The second-order valence-corrected chi connectivity index (χ2v) is 3.92. The van der Waals surface area contributed by atoms with E-state index in [9.17, 15) is 5.11 Å². The van der Waals surface area contributed by atoms with Crippen molar-refractivity contribution in [3.63, 3.8) is 0 Å². The lowest BCUT2D eigenvalue weighted by atomic mass is 10.1. The monoisotopic (exact) mass is 224 g/mol.